The Labute approximate surface area is 50.1 Å². The molecule has 8 heavy (non-hydrogen) atoms. The predicted octanol–water partition coefficient (Wildman–Crippen LogP) is 1.33. The van der Waals surface area contributed by atoms with Crippen molar-refractivity contribution in [3.8, 4) is 0 Å². The molecule has 1 N–H and O–H groups in total. The van der Waals surface area contributed by atoms with Crippen LogP contribution >= 0.6 is 12.2 Å². The van der Waals surface area contributed by atoms with Crippen LogP contribution in [0.3, 0.4) is 0 Å². The van der Waals surface area contributed by atoms with Gasteiger partial charge in [0, 0.05) is 0 Å². The molecule has 0 aromatic rings. The Morgan fingerprint density at radius 2 is 2.50 bits per heavy atom. The van der Waals surface area contributed by atoms with Crippen molar-refractivity contribution in [2.45, 2.75) is 0 Å². The van der Waals surface area contributed by atoms with E-state index in [9.17, 15) is 4.79 Å². The van der Waals surface area contributed by atoms with Crippen molar-refractivity contribution in [3.63, 3.8) is 0 Å². The quantitative estimate of drug-likeness (QED) is 0.353. The summed E-state index contributed by atoms with van der Waals surface area (Å²) < 4.78 is 7.29. The van der Waals surface area contributed by atoms with Gasteiger partial charge in [0.15, 0.2) is 12.2 Å². The predicted molar refractivity (Wildman–Crippen MR) is 27.5 cm³/mol. The molecule has 0 aliphatic heterocycles. The molecular formula is C2H4N2O3S. The van der Waals surface area contributed by atoms with Crippen molar-refractivity contribution < 1.29 is 14.1 Å². The zero-order chi connectivity index (χ0) is 6.41. The molecule has 1 amide bonds. The molecule has 0 radical (unpaired) electrons. The van der Waals surface area contributed by atoms with E-state index in [1.165, 1.54) is 7.11 Å². The van der Waals surface area contributed by atoms with Gasteiger partial charge in [-0.1, -0.05) is 9.63 Å². The first-order chi connectivity index (χ1) is 3.77. The minimum atomic E-state index is -1.32. The van der Waals surface area contributed by atoms with Crippen molar-refractivity contribution in [2.24, 2.45) is 9.63 Å². The van der Waals surface area contributed by atoms with Crippen LogP contribution in [0.5, 0.6) is 0 Å². The highest BCUT2D eigenvalue weighted by atomic mass is 32.2. The summed E-state index contributed by atoms with van der Waals surface area (Å²) in [6.07, 6.45) is -1.32. The molecule has 0 atom stereocenters. The first-order valence-corrected chi connectivity index (χ1v) is 2.31. The number of hydrogen-bond acceptors (Lipinski definition) is 4. The number of amides is 1. The van der Waals surface area contributed by atoms with Crippen LogP contribution in [-0.4, -0.2) is 18.3 Å². The Morgan fingerprint density at radius 3 is 2.88 bits per heavy atom. The molecule has 0 saturated carbocycles. The van der Waals surface area contributed by atoms with Crippen LogP contribution in [0, 0.1) is 0 Å². The number of carbonyl (C=O) groups is 1. The number of carboxylic acid groups (broad SMARTS) is 1. The van der Waals surface area contributed by atoms with E-state index < -0.39 is 6.09 Å². The monoisotopic (exact) mass is 136 g/mol. The van der Waals surface area contributed by atoms with Crippen molar-refractivity contribution in [3.05, 3.63) is 0 Å². The molecule has 0 bridgehead atoms. The number of hydrogen-bond donors (Lipinski definition) is 1. The molecular weight excluding hydrogens is 132 g/mol. The number of rotatable bonds is 2. The Hall–Kier alpha value is -0.620. The Bertz CT molecular complexity index is 103. The van der Waals surface area contributed by atoms with Gasteiger partial charge in [-0.05, 0) is 0 Å². The van der Waals surface area contributed by atoms with Crippen molar-refractivity contribution in [2.75, 3.05) is 7.11 Å². The molecule has 0 saturated heterocycles. The van der Waals surface area contributed by atoms with Gasteiger partial charge in [-0.25, -0.2) is 4.79 Å². The van der Waals surface area contributed by atoms with Gasteiger partial charge in [-0.15, -0.1) is 0 Å². The maximum atomic E-state index is 9.54. The maximum absolute atomic E-state index is 9.54. The molecule has 0 spiro atoms. The minimum absolute atomic E-state index is 0.614. The Morgan fingerprint density at radius 1 is 1.88 bits per heavy atom. The average molecular weight is 136 g/mol. The molecule has 0 heterocycles. The van der Waals surface area contributed by atoms with Crippen LogP contribution in [0.25, 0.3) is 0 Å². The van der Waals surface area contributed by atoms with E-state index in [0.717, 1.165) is 0 Å². The summed E-state index contributed by atoms with van der Waals surface area (Å²) in [6.45, 7) is 0. The molecule has 0 aromatic heterocycles. The molecule has 0 aliphatic rings. The lowest BCUT2D eigenvalue weighted by molar-refractivity contribution is 0.204. The lowest BCUT2D eigenvalue weighted by atomic mass is 11.3. The van der Waals surface area contributed by atoms with Gasteiger partial charge in [-0.2, -0.15) is 0 Å². The second-order valence-corrected chi connectivity index (χ2v) is 1.35. The normalized spacial score (nSPS) is 10.1. The van der Waals surface area contributed by atoms with Crippen molar-refractivity contribution in [1.82, 2.24) is 0 Å². The topological polar surface area (TPSA) is 71.2 Å². The summed E-state index contributed by atoms with van der Waals surface area (Å²) in [5, 5.41) is 10.5. The fourth-order valence-corrected chi connectivity index (χ4v) is 0.255. The zero-order valence-electron chi connectivity index (χ0n) is 4.07. The first kappa shape index (κ1) is 7.38. The fraction of sp³-hybridized carbons (Fsp3) is 0.500. The summed E-state index contributed by atoms with van der Waals surface area (Å²) in [5.74, 6) is 0. The van der Waals surface area contributed by atoms with Crippen molar-refractivity contribution in [1.29, 1.82) is 0 Å². The van der Waals surface area contributed by atoms with E-state index >= 15 is 0 Å². The van der Waals surface area contributed by atoms with Crippen molar-refractivity contribution >= 4 is 18.3 Å². The molecule has 5 nitrogen and oxygen atoms in total. The summed E-state index contributed by atoms with van der Waals surface area (Å²) in [6, 6.07) is 0. The van der Waals surface area contributed by atoms with Gasteiger partial charge in [0.05, 0.1) is 7.11 Å². The van der Waals surface area contributed by atoms with Crippen LogP contribution < -0.4 is 0 Å². The summed E-state index contributed by atoms with van der Waals surface area (Å²) in [5.41, 5.74) is 0. The van der Waals surface area contributed by atoms with Gasteiger partial charge in [0.25, 0.3) is 0 Å². The smallest absolute Gasteiger partial charge is 0.450 e. The molecule has 0 rings (SSSR count). The number of nitrogens with zero attached hydrogens (tertiary/aromatic N) is 2. The largest absolute Gasteiger partial charge is 0.462 e. The van der Waals surface area contributed by atoms with Crippen LogP contribution in [0.15, 0.2) is 9.63 Å². The standard InChI is InChI=1S/C2H4N2O3S/c1-7-8-4-3-2(5)6/h1H3,(H,5,6). The highest BCUT2D eigenvalue weighted by molar-refractivity contribution is 7.93. The highest BCUT2D eigenvalue weighted by Gasteiger charge is 1.85. The molecule has 0 unspecified atom stereocenters. The summed E-state index contributed by atoms with van der Waals surface area (Å²) in [4.78, 5) is 9.54. The van der Waals surface area contributed by atoms with Crippen LogP contribution in [0.4, 0.5) is 4.79 Å². The van der Waals surface area contributed by atoms with E-state index in [2.05, 4.69) is 13.8 Å². The highest BCUT2D eigenvalue weighted by Crippen LogP contribution is 2.00. The van der Waals surface area contributed by atoms with E-state index in [0.29, 0.717) is 12.2 Å². The Balaban J connectivity index is 3.20. The van der Waals surface area contributed by atoms with Gasteiger partial charge in [0.1, 0.15) is 0 Å². The summed E-state index contributed by atoms with van der Waals surface area (Å²) >= 11 is 0.614. The Kier molecular flexibility index (Phi) is 4.19. The van der Waals surface area contributed by atoms with Gasteiger partial charge in [0.2, 0.25) is 0 Å². The van der Waals surface area contributed by atoms with E-state index in [1.807, 2.05) is 0 Å². The van der Waals surface area contributed by atoms with Gasteiger partial charge < -0.3 is 5.11 Å². The first-order valence-electron chi connectivity index (χ1n) is 1.61. The average Bonchev–Trinajstić information content (AvgIpc) is 1.66. The molecule has 6 heteroatoms. The van der Waals surface area contributed by atoms with Crippen LogP contribution in [-0.2, 0) is 4.18 Å². The SMILES string of the molecule is COSN=NC(=O)O. The third-order valence-electron chi connectivity index (χ3n) is 0.234. The molecule has 0 fully saturated rings. The fourth-order valence-electron chi connectivity index (χ4n) is 0.0849. The van der Waals surface area contributed by atoms with E-state index in [1.54, 1.807) is 0 Å². The van der Waals surface area contributed by atoms with E-state index in [-0.39, 0.29) is 0 Å². The zero-order valence-corrected chi connectivity index (χ0v) is 4.88. The summed E-state index contributed by atoms with van der Waals surface area (Å²) in [7, 11) is 1.37. The van der Waals surface area contributed by atoms with Crippen LogP contribution in [0.1, 0.15) is 0 Å². The minimum Gasteiger partial charge on any atom is -0.462 e. The molecule has 0 aliphatic carbocycles. The van der Waals surface area contributed by atoms with E-state index in [4.69, 9.17) is 5.11 Å². The molecule has 0 aromatic carbocycles. The second-order valence-electron chi connectivity index (χ2n) is 0.705. The second kappa shape index (κ2) is 4.54. The molecule has 46 valence electrons. The lowest BCUT2D eigenvalue weighted by Crippen LogP contribution is -1.79. The van der Waals surface area contributed by atoms with Gasteiger partial charge >= 0.3 is 6.09 Å². The van der Waals surface area contributed by atoms with Crippen LogP contribution in [0.2, 0.25) is 0 Å². The third-order valence-corrected chi connectivity index (χ3v) is 0.532. The third kappa shape index (κ3) is 5.38. The van der Waals surface area contributed by atoms with Gasteiger partial charge in [-0.3, -0.25) is 4.18 Å². The maximum Gasteiger partial charge on any atom is 0.450 e. The lowest BCUT2D eigenvalue weighted by Gasteiger charge is -1.79.